The molecule has 1 aliphatic rings. The third-order valence-corrected chi connectivity index (χ3v) is 2.89. The molecule has 0 atom stereocenters. The lowest BCUT2D eigenvalue weighted by molar-refractivity contribution is -0.117. The highest BCUT2D eigenvalue weighted by molar-refractivity contribution is 6.23. The Labute approximate surface area is 103 Å². The molecular formula is C14H21NO2. The van der Waals surface area contributed by atoms with Crippen molar-refractivity contribution >= 4 is 11.5 Å². The maximum atomic E-state index is 12.1. The van der Waals surface area contributed by atoms with Gasteiger partial charge in [0.2, 0.25) is 0 Å². The highest BCUT2D eigenvalue weighted by atomic mass is 16.3. The molecule has 0 aliphatic heterocycles. The molecule has 0 aromatic rings. The Morgan fingerprint density at radius 1 is 1.53 bits per heavy atom. The van der Waals surface area contributed by atoms with Gasteiger partial charge in [-0.1, -0.05) is 26.8 Å². The number of rotatable bonds is 4. The molecule has 1 rings (SSSR count). The summed E-state index contributed by atoms with van der Waals surface area (Å²) >= 11 is 0. The van der Waals surface area contributed by atoms with Gasteiger partial charge in [0.15, 0.2) is 5.78 Å². The standard InChI is InChI=1S/C14H21NO2/c1-5-7-15-10(6-2)13-11(16)8-14(3,4)9-12(13)17/h5,16H,1,6-9H2,2-4H3. The smallest absolute Gasteiger partial charge is 0.168 e. The number of ketones is 1. The minimum absolute atomic E-state index is 0.00316. The van der Waals surface area contributed by atoms with Crippen molar-refractivity contribution in [1.82, 2.24) is 0 Å². The summed E-state index contributed by atoms with van der Waals surface area (Å²) in [6, 6.07) is 0. The van der Waals surface area contributed by atoms with Crippen molar-refractivity contribution in [3.05, 3.63) is 24.0 Å². The first-order valence-corrected chi connectivity index (χ1v) is 6.01. The number of aliphatic hydroxyl groups excluding tert-OH is 1. The van der Waals surface area contributed by atoms with E-state index >= 15 is 0 Å². The topological polar surface area (TPSA) is 49.7 Å². The van der Waals surface area contributed by atoms with Gasteiger partial charge >= 0.3 is 0 Å². The first-order chi connectivity index (χ1) is 7.91. The zero-order valence-corrected chi connectivity index (χ0v) is 10.9. The summed E-state index contributed by atoms with van der Waals surface area (Å²) in [5.74, 6) is 0.194. The fourth-order valence-corrected chi connectivity index (χ4v) is 2.16. The van der Waals surface area contributed by atoms with E-state index in [9.17, 15) is 9.90 Å². The molecule has 3 nitrogen and oxygen atoms in total. The fourth-order valence-electron chi connectivity index (χ4n) is 2.16. The van der Waals surface area contributed by atoms with Crippen LogP contribution in [0.2, 0.25) is 0 Å². The number of carbonyl (C=O) groups is 1. The molecule has 0 spiro atoms. The zero-order chi connectivity index (χ0) is 13.1. The van der Waals surface area contributed by atoms with Gasteiger partial charge in [-0.15, -0.1) is 6.58 Å². The second-order valence-electron chi connectivity index (χ2n) is 5.19. The van der Waals surface area contributed by atoms with Crippen LogP contribution < -0.4 is 0 Å². The lowest BCUT2D eigenvalue weighted by atomic mass is 9.75. The monoisotopic (exact) mass is 235 g/mol. The van der Waals surface area contributed by atoms with Crippen LogP contribution in [0.5, 0.6) is 0 Å². The maximum absolute atomic E-state index is 12.1. The summed E-state index contributed by atoms with van der Waals surface area (Å²) in [7, 11) is 0. The number of carbonyl (C=O) groups excluding carboxylic acids is 1. The van der Waals surface area contributed by atoms with Crippen molar-refractivity contribution in [3.8, 4) is 0 Å². The van der Waals surface area contributed by atoms with Crippen molar-refractivity contribution in [1.29, 1.82) is 0 Å². The molecule has 17 heavy (non-hydrogen) atoms. The number of aliphatic hydroxyl groups is 1. The van der Waals surface area contributed by atoms with Gasteiger partial charge in [0.25, 0.3) is 0 Å². The van der Waals surface area contributed by atoms with Gasteiger partial charge in [0, 0.05) is 18.6 Å². The summed E-state index contributed by atoms with van der Waals surface area (Å²) in [6.07, 6.45) is 3.35. The molecule has 0 heterocycles. The second-order valence-corrected chi connectivity index (χ2v) is 5.19. The molecule has 0 saturated carbocycles. The summed E-state index contributed by atoms with van der Waals surface area (Å²) in [6.45, 7) is 10.0. The SMILES string of the molecule is C=CCN=C(CC)C1=C(O)CC(C)(C)CC1=O. The molecule has 0 radical (unpaired) electrons. The van der Waals surface area contributed by atoms with Crippen molar-refractivity contribution in [2.75, 3.05) is 6.54 Å². The van der Waals surface area contributed by atoms with Gasteiger partial charge in [-0.3, -0.25) is 9.79 Å². The first kappa shape index (κ1) is 13.7. The Bertz CT molecular complexity index is 389. The summed E-state index contributed by atoms with van der Waals surface area (Å²) in [4.78, 5) is 16.4. The normalized spacial score (nSPS) is 20.6. The van der Waals surface area contributed by atoms with Crippen LogP contribution in [0, 0.1) is 5.41 Å². The summed E-state index contributed by atoms with van der Waals surface area (Å²) in [5.41, 5.74) is 0.985. The molecule has 1 aliphatic carbocycles. The molecule has 3 heteroatoms. The average Bonchev–Trinajstić information content (AvgIpc) is 2.20. The van der Waals surface area contributed by atoms with Gasteiger partial charge in [-0.25, -0.2) is 0 Å². The second kappa shape index (κ2) is 5.30. The molecule has 0 unspecified atom stereocenters. The van der Waals surface area contributed by atoms with E-state index in [2.05, 4.69) is 11.6 Å². The molecular weight excluding hydrogens is 214 g/mol. The van der Waals surface area contributed by atoms with E-state index in [0.29, 0.717) is 37.1 Å². The number of hydrogen-bond acceptors (Lipinski definition) is 3. The summed E-state index contributed by atoms with van der Waals surface area (Å²) < 4.78 is 0. The number of hydrogen-bond donors (Lipinski definition) is 1. The van der Waals surface area contributed by atoms with E-state index in [0.717, 1.165) is 0 Å². The van der Waals surface area contributed by atoms with Gasteiger partial charge in [0.05, 0.1) is 12.1 Å². The van der Waals surface area contributed by atoms with E-state index in [4.69, 9.17) is 0 Å². The van der Waals surface area contributed by atoms with E-state index in [1.54, 1.807) is 6.08 Å². The van der Waals surface area contributed by atoms with E-state index in [1.165, 1.54) is 0 Å². The van der Waals surface area contributed by atoms with Crippen LogP contribution in [0.25, 0.3) is 0 Å². The predicted octanol–water partition coefficient (Wildman–Crippen LogP) is 3.22. The first-order valence-electron chi connectivity index (χ1n) is 6.01. The van der Waals surface area contributed by atoms with Crippen molar-refractivity contribution in [2.24, 2.45) is 10.4 Å². The molecule has 0 saturated heterocycles. The Balaban J connectivity index is 3.10. The van der Waals surface area contributed by atoms with E-state index in [-0.39, 0.29) is 17.0 Å². The largest absolute Gasteiger partial charge is 0.511 e. The molecule has 0 fully saturated rings. The van der Waals surface area contributed by atoms with Gasteiger partial charge in [0.1, 0.15) is 5.76 Å². The highest BCUT2D eigenvalue weighted by Gasteiger charge is 2.34. The van der Waals surface area contributed by atoms with Gasteiger partial charge in [-0.05, 0) is 11.8 Å². The third-order valence-electron chi connectivity index (χ3n) is 2.89. The van der Waals surface area contributed by atoms with Gasteiger partial charge in [-0.2, -0.15) is 0 Å². The van der Waals surface area contributed by atoms with E-state index < -0.39 is 0 Å². The van der Waals surface area contributed by atoms with Gasteiger partial charge < -0.3 is 5.11 Å². The van der Waals surface area contributed by atoms with Crippen LogP contribution in [-0.4, -0.2) is 23.1 Å². The molecule has 1 N–H and O–H groups in total. The molecule has 94 valence electrons. The van der Waals surface area contributed by atoms with E-state index in [1.807, 2.05) is 20.8 Å². The Kier molecular flexibility index (Phi) is 4.27. The van der Waals surface area contributed by atoms with Crippen molar-refractivity contribution in [2.45, 2.75) is 40.0 Å². The molecule has 0 aromatic carbocycles. The lowest BCUT2D eigenvalue weighted by Gasteiger charge is -2.29. The van der Waals surface area contributed by atoms with Crippen LogP contribution in [0.15, 0.2) is 29.0 Å². The number of allylic oxidation sites excluding steroid dienone is 2. The number of nitrogens with zero attached hydrogens (tertiary/aromatic N) is 1. The van der Waals surface area contributed by atoms with Crippen LogP contribution >= 0.6 is 0 Å². The average molecular weight is 235 g/mol. The minimum Gasteiger partial charge on any atom is -0.511 e. The molecule has 0 bridgehead atoms. The molecule has 0 amide bonds. The predicted molar refractivity (Wildman–Crippen MR) is 70.5 cm³/mol. The van der Waals surface area contributed by atoms with Crippen LogP contribution in [0.4, 0.5) is 0 Å². The lowest BCUT2D eigenvalue weighted by Crippen LogP contribution is -2.29. The third kappa shape index (κ3) is 3.29. The Hall–Kier alpha value is -1.38. The Morgan fingerprint density at radius 2 is 2.18 bits per heavy atom. The number of Topliss-reactive ketones (excluding diaryl/α,β-unsaturated/α-hetero) is 1. The van der Waals surface area contributed by atoms with Crippen LogP contribution in [-0.2, 0) is 4.79 Å². The zero-order valence-electron chi connectivity index (χ0n) is 10.9. The van der Waals surface area contributed by atoms with Crippen molar-refractivity contribution < 1.29 is 9.90 Å². The summed E-state index contributed by atoms with van der Waals surface area (Å²) in [5, 5.41) is 10.0. The fraction of sp³-hybridized carbons (Fsp3) is 0.571. The van der Waals surface area contributed by atoms with Crippen LogP contribution in [0.1, 0.15) is 40.0 Å². The number of aliphatic imine (C=N–C) groups is 1. The quantitative estimate of drug-likeness (QED) is 0.600. The van der Waals surface area contributed by atoms with Crippen LogP contribution in [0.3, 0.4) is 0 Å². The van der Waals surface area contributed by atoms with Crippen molar-refractivity contribution in [3.63, 3.8) is 0 Å². The Morgan fingerprint density at radius 3 is 2.65 bits per heavy atom. The maximum Gasteiger partial charge on any atom is 0.168 e. The molecule has 0 aromatic heterocycles. The highest BCUT2D eigenvalue weighted by Crippen LogP contribution is 2.36. The minimum atomic E-state index is -0.151.